The largest absolute Gasteiger partial charge is 0.142 e. The van der Waals surface area contributed by atoms with Crippen LogP contribution in [0.3, 0.4) is 0 Å². The summed E-state index contributed by atoms with van der Waals surface area (Å²) in [6.45, 7) is 4.48. The molecule has 0 spiro atoms. The standard InChI is InChI=1S/C16H25ClS/c1-3-5-7-8-10-14-13(9-6-4-2)11-12-15(18)16(14)17/h11-12,18H,3-10H2,1-2H3. The first-order valence-corrected chi connectivity index (χ1v) is 8.02. The van der Waals surface area contributed by atoms with Crippen molar-refractivity contribution in [3.63, 3.8) is 0 Å². The number of hydrogen-bond donors (Lipinski definition) is 1. The van der Waals surface area contributed by atoms with Gasteiger partial charge < -0.3 is 0 Å². The molecule has 0 saturated carbocycles. The van der Waals surface area contributed by atoms with E-state index in [0.29, 0.717) is 0 Å². The smallest absolute Gasteiger partial charge is 0.0573 e. The third-order valence-electron chi connectivity index (χ3n) is 3.40. The van der Waals surface area contributed by atoms with Crippen LogP contribution in [0.25, 0.3) is 0 Å². The lowest BCUT2D eigenvalue weighted by Gasteiger charge is -2.13. The number of hydrogen-bond acceptors (Lipinski definition) is 1. The van der Waals surface area contributed by atoms with E-state index in [1.165, 1.54) is 49.7 Å². The van der Waals surface area contributed by atoms with Gasteiger partial charge in [0.1, 0.15) is 0 Å². The predicted molar refractivity (Wildman–Crippen MR) is 85.2 cm³/mol. The number of halogens is 1. The fourth-order valence-corrected chi connectivity index (χ4v) is 2.74. The van der Waals surface area contributed by atoms with E-state index in [4.69, 9.17) is 11.6 Å². The first-order valence-electron chi connectivity index (χ1n) is 7.19. The zero-order valence-electron chi connectivity index (χ0n) is 11.6. The van der Waals surface area contributed by atoms with Crippen LogP contribution in [0, 0.1) is 0 Å². The summed E-state index contributed by atoms with van der Waals surface area (Å²) in [6, 6.07) is 4.24. The molecule has 18 heavy (non-hydrogen) atoms. The van der Waals surface area contributed by atoms with E-state index in [2.05, 4.69) is 32.5 Å². The Bertz CT molecular complexity index is 360. The molecule has 0 bridgehead atoms. The zero-order valence-corrected chi connectivity index (χ0v) is 13.3. The molecule has 0 amide bonds. The molecule has 0 saturated heterocycles. The Hall–Kier alpha value is -0.140. The predicted octanol–water partition coefficient (Wildman–Crippen LogP) is 6.09. The molecule has 0 heterocycles. The minimum absolute atomic E-state index is 0.878. The van der Waals surface area contributed by atoms with Gasteiger partial charge in [0, 0.05) is 4.90 Å². The van der Waals surface area contributed by atoms with Crippen molar-refractivity contribution in [1.29, 1.82) is 0 Å². The van der Waals surface area contributed by atoms with Crippen LogP contribution in [-0.4, -0.2) is 0 Å². The normalized spacial score (nSPS) is 10.9. The highest BCUT2D eigenvalue weighted by molar-refractivity contribution is 7.80. The SMILES string of the molecule is CCCCCCc1c(CCCC)ccc(S)c1Cl. The van der Waals surface area contributed by atoms with Gasteiger partial charge in [0.2, 0.25) is 0 Å². The van der Waals surface area contributed by atoms with E-state index < -0.39 is 0 Å². The van der Waals surface area contributed by atoms with Gasteiger partial charge in [-0.3, -0.25) is 0 Å². The van der Waals surface area contributed by atoms with Crippen molar-refractivity contribution in [1.82, 2.24) is 0 Å². The van der Waals surface area contributed by atoms with Gasteiger partial charge in [-0.25, -0.2) is 0 Å². The number of aryl methyl sites for hydroxylation is 1. The molecule has 1 aromatic carbocycles. The van der Waals surface area contributed by atoms with Crippen LogP contribution in [0.15, 0.2) is 17.0 Å². The average Bonchev–Trinajstić information content (AvgIpc) is 2.38. The molecule has 0 unspecified atom stereocenters. The van der Waals surface area contributed by atoms with Gasteiger partial charge >= 0.3 is 0 Å². The van der Waals surface area contributed by atoms with Crippen molar-refractivity contribution in [3.05, 3.63) is 28.3 Å². The molecular weight excluding hydrogens is 260 g/mol. The molecule has 0 aliphatic rings. The summed E-state index contributed by atoms with van der Waals surface area (Å²) in [7, 11) is 0. The topological polar surface area (TPSA) is 0 Å². The van der Waals surface area contributed by atoms with E-state index in [9.17, 15) is 0 Å². The summed E-state index contributed by atoms with van der Waals surface area (Å²) < 4.78 is 0. The molecule has 0 aliphatic heterocycles. The fraction of sp³-hybridized carbons (Fsp3) is 0.625. The highest BCUT2D eigenvalue weighted by Gasteiger charge is 2.09. The highest BCUT2D eigenvalue weighted by Crippen LogP contribution is 2.29. The van der Waals surface area contributed by atoms with Gasteiger partial charge in [0.15, 0.2) is 0 Å². The molecule has 0 nitrogen and oxygen atoms in total. The fourth-order valence-electron chi connectivity index (χ4n) is 2.25. The molecule has 2 heteroatoms. The number of unbranched alkanes of at least 4 members (excludes halogenated alkanes) is 4. The molecule has 0 fully saturated rings. The number of thiol groups is 1. The van der Waals surface area contributed by atoms with Crippen LogP contribution < -0.4 is 0 Å². The monoisotopic (exact) mass is 284 g/mol. The summed E-state index contributed by atoms with van der Waals surface area (Å²) in [4.78, 5) is 0.919. The van der Waals surface area contributed by atoms with E-state index in [-0.39, 0.29) is 0 Å². The molecule has 0 radical (unpaired) electrons. The van der Waals surface area contributed by atoms with Crippen molar-refractivity contribution < 1.29 is 0 Å². The molecule has 0 N–H and O–H groups in total. The maximum absolute atomic E-state index is 6.41. The average molecular weight is 285 g/mol. The second kappa shape index (κ2) is 8.87. The van der Waals surface area contributed by atoms with Crippen molar-refractivity contribution in [2.45, 2.75) is 70.1 Å². The van der Waals surface area contributed by atoms with Crippen LogP contribution >= 0.6 is 24.2 Å². The van der Waals surface area contributed by atoms with Crippen molar-refractivity contribution in [2.75, 3.05) is 0 Å². The van der Waals surface area contributed by atoms with E-state index in [1.807, 2.05) is 6.07 Å². The first-order chi connectivity index (χ1) is 8.70. The van der Waals surface area contributed by atoms with Crippen LogP contribution in [0.4, 0.5) is 0 Å². The van der Waals surface area contributed by atoms with Crippen LogP contribution in [-0.2, 0) is 12.8 Å². The number of benzene rings is 1. The Kier molecular flexibility index (Phi) is 7.85. The van der Waals surface area contributed by atoms with E-state index in [0.717, 1.165) is 22.8 Å². The van der Waals surface area contributed by atoms with Crippen LogP contribution in [0.1, 0.15) is 63.5 Å². The molecule has 102 valence electrons. The minimum atomic E-state index is 0.878. The molecule has 1 aromatic rings. The second-order valence-corrected chi connectivity index (χ2v) is 5.81. The zero-order chi connectivity index (χ0) is 13.4. The Morgan fingerprint density at radius 2 is 1.67 bits per heavy atom. The van der Waals surface area contributed by atoms with Crippen molar-refractivity contribution in [3.8, 4) is 0 Å². The van der Waals surface area contributed by atoms with Gasteiger partial charge in [-0.1, -0.05) is 57.2 Å². The third-order valence-corrected chi connectivity index (χ3v) is 4.34. The minimum Gasteiger partial charge on any atom is -0.142 e. The van der Waals surface area contributed by atoms with Crippen LogP contribution in [0.2, 0.25) is 5.02 Å². The summed E-state index contributed by atoms with van der Waals surface area (Å²) >= 11 is 10.9. The Labute approximate surface area is 123 Å². The first kappa shape index (κ1) is 15.9. The van der Waals surface area contributed by atoms with E-state index >= 15 is 0 Å². The van der Waals surface area contributed by atoms with E-state index in [1.54, 1.807) is 0 Å². The van der Waals surface area contributed by atoms with Crippen LogP contribution in [0.5, 0.6) is 0 Å². The maximum atomic E-state index is 6.41. The lowest BCUT2D eigenvalue weighted by Crippen LogP contribution is -1.97. The van der Waals surface area contributed by atoms with Gasteiger partial charge in [-0.05, 0) is 42.9 Å². The maximum Gasteiger partial charge on any atom is 0.0573 e. The molecular formula is C16H25ClS. The lowest BCUT2D eigenvalue weighted by atomic mass is 9.97. The highest BCUT2D eigenvalue weighted by atomic mass is 35.5. The van der Waals surface area contributed by atoms with Gasteiger partial charge in [0.05, 0.1) is 5.02 Å². The quantitative estimate of drug-likeness (QED) is 0.433. The third kappa shape index (κ3) is 4.85. The van der Waals surface area contributed by atoms with Gasteiger partial charge in [-0.2, -0.15) is 0 Å². The summed E-state index contributed by atoms with van der Waals surface area (Å²) in [6.07, 6.45) is 9.87. The Morgan fingerprint density at radius 1 is 0.944 bits per heavy atom. The Balaban J connectivity index is 2.73. The molecule has 0 atom stereocenters. The summed E-state index contributed by atoms with van der Waals surface area (Å²) in [5, 5.41) is 0.878. The van der Waals surface area contributed by atoms with Crippen molar-refractivity contribution >= 4 is 24.2 Å². The molecule has 0 aliphatic carbocycles. The Morgan fingerprint density at radius 3 is 2.33 bits per heavy atom. The second-order valence-electron chi connectivity index (χ2n) is 4.95. The summed E-state index contributed by atoms with van der Waals surface area (Å²) in [5.74, 6) is 0. The summed E-state index contributed by atoms with van der Waals surface area (Å²) in [5.41, 5.74) is 2.77. The molecule has 0 aromatic heterocycles. The van der Waals surface area contributed by atoms with Gasteiger partial charge in [0.25, 0.3) is 0 Å². The van der Waals surface area contributed by atoms with Gasteiger partial charge in [-0.15, -0.1) is 12.6 Å². The lowest BCUT2D eigenvalue weighted by molar-refractivity contribution is 0.662. The number of rotatable bonds is 8. The van der Waals surface area contributed by atoms with Crippen molar-refractivity contribution in [2.24, 2.45) is 0 Å². The molecule has 1 rings (SSSR count).